The number of ether oxygens (including phenoxy) is 2. The van der Waals surface area contributed by atoms with Gasteiger partial charge in [0.2, 0.25) is 5.88 Å². The minimum Gasteiger partial charge on any atom is -0.478 e. The molecule has 2 aromatic heterocycles. The third kappa shape index (κ3) is 4.92. The van der Waals surface area contributed by atoms with E-state index < -0.39 is 5.60 Å². The van der Waals surface area contributed by atoms with Crippen LogP contribution < -0.4 is 9.47 Å². The summed E-state index contributed by atoms with van der Waals surface area (Å²) in [5.41, 5.74) is 0.373. The van der Waals surface area contributed by atoms with Gasteiger partial charge >= 0.3 is 6.01 Å². The normalized spacial score (nSPS) is 16.1. The van der Waals surface area contributed by atoms with Crippen molar-refractivity contribution in [3.8, 4) is 23.2 Å². The number of halogens is 1. The van der Waals surface area contributed by atoms with Gasteiger partial charge in [-0.05, 0) is 63.1 Å². The van der Waals surface area contributed by atoms with Crippen LogP contribution in [0.2, 0.25) is 0 Å². The van der Waals surface area contributed by atoms with Gasteiger partial charge in [-0.1, -0.05) is 0 Å². The van der Waals surface area contributed by atoms with Gasteiger partial charge in [-0.15, -0.1) is 0 Å². The Balaban J connectivity index is 1.41. The van der Waals surface area contributed by atoms with E-state index in [4.69, 9.17) is 13.9 Å². The molecule has 0 atom stereocenters. The molecule has 8 heteroatoms. The Hall–Kier alpha value is -2.97. The standard InChI is InChI=1S/C24H28FN3O4/c1-3-30-22-20(15-26-23(27-22)31-4-2)24(29)11-13-28(14-12-24)16-19-9-10-21(32-19)17-5-7-18(25)8-6-17/h5-10,15,29H,3-4,11-14,16H2,1-2H3. The molecule has 0 amide bonds. The van der Waals surface area contributed by atoms with Crippen LogP contribution in [0.3, 0.4) is 0 Å². The predicted molar refractivity (Wildman–Crippen MR) is 117 cm³/mol. The number of likely N-dealkylation sites (tertiary alicyclic amines) is 1. The molecule has 1 aromatic carbocycles. The van der Waals surface area contributed by atoms with Gasteiger partial charge in [0.05, 0.1) is 30.9 Å². The summed E-state index contributed by atoms with van der Waals surface area (Å²) in [7, 11) is 0. The summed E-state index contributed by atoms with van der Waals surface area (Å²) in [5, 5.41) is 11.3. The van der Waals surface area contributed by atoms with Crippen LogP contribution in [0, 0.1) is 5.82 Å². The van der Waals surface area contributed by atoms with Gasteiger partial charge in [0.25, 0.3) is 0 Å². The summed E-state index contributed by atoms with van der Waals surface area (Å²) in [6, 6.07) is 10.3. The van der Waals surface area contributed by atoms with E-state index in [1.54, 1.807) is 18.3 Å². The Bertz CT molecular complexity index is 1030. The maximum atomic E-state index is 13.1. The van der Waals surface area contributed by atoms with Crippen molar-refractivity contribution < 1.29 is 23.4 Å². The van der Waals surface area contributed by atoms with Gasteiger partial charge in [-0.25, -0.2) is 9.37 Å². The van der Waals surface area contributed by atoms with E-state index in [2.05, 4.69) is 14.9 Å². The summed E-state index contributed by atoms with van der Waals surface area (Å²) in [6.45, 7) is 6.64. The van der Waals surface area contributed by atoms with Crippen molar-refractivity contribution in [2.24, 2.45) is 0 Å². The van der Waals surface area contributed by atoms with E-state index in [1.807, 2.05) is 26.0 Å². The molecule has 1 fully saturated rings. The van der Waals surface area contributed by atoms with Crippen molar-refractivity contribution in [1.82, 2.24) is 14.9 Å². The number of piperidine rings is 1. The number of aromatic nitrogens is 2. The zero-order valence-corrected chi connectivity index (χ0v) is 18.4. The van der Waals surface area contributed by atoms with Crippen molar-refractivity contribution in [1.29, 1.82) is 0 Å². The number of hydrogen-bond donors (Lipinski definition) is 1. The molecule has 170 valence electrons. The van der Waals surface area contributed by atoms with Gasteiger partial charge in [0, 0.05) is 24.8 Å². The lowest BCUT2D eigenvalue weighted by molar-refractivity contribution is -0.0314. The average Bonchev–Trinajstić information content (AvgIpc) is 3.25. The summed E-state index contributed by atoms with van der Waals surface area (Å²) in [6.07, 6.45) is 2.66. The lowest BCUT2D eigenvalue weighted by atomic mass is 9.85. The zero-order chi connectivity index (χ0) is 22.6. The van der Waals surface area contributed by atoms with E-state index >= 15 is 0 Å². The highest BCUT2D eigenvalue weighted by molar-refractivity contribution is 5.57. The van der Waals surface area contributed by atoms with Gasteiger partial charge < -0.3 is 19.0 Å². The fourth-order valence-corrected chi connectivity index (χ4v) is 3.92. The number of furan rings is 1. The molecule has 1 saturated heterocycles. The Labute approximate surface area is 186 Å². The van der Waals surface area contributed by atoms with Crippen molar-refractivity contribution in [2.45, 2.75) is 38.8 Å². The van der Waals surface area contributed by atoms with E-state index in [-0.39, 0.29) is 11.8 Å². The van der Waals surface area contributed by atoms with Crippen LogP contribution in [0.5, 0.6) is 11.9 Å². The molecule has 0 aliphatic carbocycles. The molecule has 4 rings (SSSR count). The second kappa shape index (κ2) is 9.67. The van der Waals surface area contributed by atoms with Crippen LogP contribution in [0.25, 0.3) is 11.3 Å². The zero-order valence-electron chi connectivity index (χ0n) is 18.4. The molecule has 0 bridgehead atoms. The summed E-state index contributed by atoms with van der Waals surface area (Å²) >= 11 is 0. The summed E-state index contributed by atoms with van der Waals surface area (Å²) in [5.74, 6) is 1.64. The first-order valence-electron chi connectivity index (χ1n) is 10.9. The minimum absolute atomic E-state index is 0.246. The maximum absolute atomic E-state index is 13.1. The second-order valence-electron chi connectivity index (χ2n) is 7.82. The van der Waals surface area contributed by atoms with Gasteiger partial charge in [0.15, 0.2) is 0 Å². The highest BCUT2D eigenvalue weighted by Gasteiger charge is 2.37. The van der Waals surface area contributed by atoms with E-state index in [0.717, 1.165) is 11.3 Å². The molecule has 1 aliphatic rings. The molecule has 7 nitrogen and oxygen atoms in total. The predicted octanol–water partition coefficient (Wildman–Crippen LogP) is 4.16. The van der Waals surface area contributed by atoms with Crippen LogP contribution in [-0.2, 0) is 12.1 Å². The first kappa shape index (κ1) is 22.2. The molecule has 0 unspecified atom stereocenters. The SMILES string of the molecule is CCOc1ncc(C2(O)CCN(Cc3ccc(-c4ccc(F)cc4)o3)CC2)c(OCC)n1. The molecule has 1 aliphatic heterocycles. The molecular weight excluding hydrogens is 413 g/mol. The molecule has 0 radical (unpaired) electrons. The number of benzene rings is 1. The maximum Gasteiger partial charge on any atom is 0.319 e. The average molecular weight is 442 g/mol. The molecule has 1 N–H and O–H groups in total. The second-order valence-corrected chi connectivity index (χ2v) is 7.82. The third-order valence-corrected chi connectivity index (χ3v) is 5.64. The Kier molecular flexibility index (Phi) is 6.72. The lowest BCUT2D eigenvalue weighted by Crippen LogP contribution is -2.42. The highest BCUT2D eigenvalue weighted by atomic mass is 19.1. The fourth-order valence-electron chi connectivity index (χ4n) is 3.92. The van der Waals surface area contributed by atoms with Crippen molar-refractivity contribution in [2.75, 3.05) is 26.3 Å². The van der Waals surface area contributed by atoms with Crippen LogP contribution in [0.4, 0.5) is 4.39 Å². The minimum atomic E-state index is -1.06. The topological polar surface area (TPSA) is 80.9 Å². The van der Waals surface area contributed by atoms with Gasteiger partial charge in [-0.3, -0.25) is 4.90 Å². The van der Waals surface area contributed by atoms with Crippen LogP contribution >= 0.6 is 0 Å². The fraction of sp³-hybridized carbons (Fsp3) is 0.417. The molecule has 0 saturated carbocycles. The van der Waals surface area contributed by atoms with Gasteiger partial charge in [0.1, 0.15) is 17.3 Å². The molecule has 3 heterocycles. The first-order valence-corrected chi connectivity index (χ1v) is 10.9. The smallest absolute Gasteiger partial charge is 0.319 e. The molecule has 32 heavy (non-hydrogen) atoms. The van der Waals surface area contributed by atoms with Crippen molar-refractivity contribution in [3.63, 3.8) is 0 Å². The van der Waals surface area contributed by atoms with E-state index in [9.17, 15) is 9.50 Å². The van der Waals surface area contributed by atoms with Crippen LogP contribution in [-0.4, -0.2) is 46.3 Å². The van der Waals surface area contributed by atoms with Gasteiger partial charge in [-0.2, -0.15) is 4.98 Å². The quantitative estimate of drug-likeness (QED) is 0.562. The Morgan fingerprint density at radius 3 is 2.47 bits per heavy atom. The number of aliphatic hydroxyl groups is 1. The Morgan fingerprint density at radius 2 is 1.78 bits per heavy atom. The summed E-state index contributed by atoms with van der Waals surface area (Å²) in [4.78, 5) is 10.8. The van der Waals surface area contributed by atoms with E-state index in [0.29, 0.717) is 62.9 Å². The Morgan fingerprint density at radius 1 is 1.06 bits per heavy atom. The summed E-state index contributed by atoms with van der Waals surface area (Å²) < 4.78 is 30.1. The molecule has 0 spiro atoms. The van der Waals surface area contributed by atoms with E-state index in [1.165, 1.54) is 12.1 Å². The van der Waals surface area contributed by atoms with Crippen LogP contribution in [0.15, 0.2) is 47.0 Å². The third-order valence-electron chi connectivity index (χ3n) is 5.64. The largest absolute Gasteiger partial charge is 0.478 e. The number of hydrogen-bond acceptors (Lipinski definition) is 7. The lowest BCUT2D eigenvalue weighted by Gasteiger charge is -2.38. The van der Waals surface area contributed by atoms with Crippen molar-refractivity contribution in [3.05, 3.63) is 59.7 Å². The van der Waals surface area contributed by atoms with Crippen LogP contribution in [0.1, 0.15) is 38.0 Å². The molecule has 3 aromatic rings. The first-order chi connectivity index (χ1) is 15.5. The van der Waals surface area contributed by atoms with Crippen molar-refractivity contribution >= 4 is 0 Å². The highest BCUT2D eigenvalue weighted by Crippen LogP contribution is 2.38. The number of rotatable bonds is 8. The molecular formula is C24H28FN3O4. The number of nitrogens with zero attached hydrogens (tertiary/aromatic N) is 3. The monoisotopic (exact) mass is 441 g/mol.